The van der Waals surface area contributed by atoms with Gasteiger partial charge in [0.05, 0.1) is 0 Å². The highest BCUT2D eigenvalue weighted by Crippen LogP contribution is 2.54. The van der Waals surface area contributed by atoms with Gasteiger partial charge in [-0.1, -0.05) is 103 Å². The molecule has 0 fully saturated rings. The van der Waals surface area contributed by atoms with Crippen LogP contribution in [-0.4, -0.2) is 0 Å². The fourth-order valence-electron chi connectivity index (χ4n) is 6.56. The van der Waals surface area contributed by atoms with Crippen molar-refractivity contribution in [3.63, 3.8) is 0 Å². The lowest BCUT2D eigenvalue weighted by Crippen LogP contribution is -1.85. The Morgan fingerprint density at radius 1 is 0.405 bits per heavy atom. The monoisotopic (exact) mass is 484 g/mol. The average molecular weight is 485 g/mol. The highest BCUT2D eigenvalue weighted by Gasteiger charge is 2.25. The van der Waals surface area contributed by atoms with E-state index in [2.05, 4.69) is 121 Å². The van der Waals surface area contributed by atoms with Gasteiger partial charge in [-0.2, -0.15) is 0 Å². The molecule has 0 nitrogen and oxygen atoms in total. The van der Waals surface area contributed by atoms with Crippen molar-refractivity contribution in [3.05, 3.63) is 121 Å². The molecule has 0 unspecified atom stereocenters. The second-order valence-electron chi connectivity index (χ2n) is 10.1. The van der Waals surface area contributed by atoms with Crippen LogP contribution in [0.25, 0.3) is 85.9 Å². The Bertz CT molecular complexity index is 2210. The second-order valence-corrected chi connectivity index (χ2v) is 11.1. The zero-order valence-electron chi connectivity index (χ0n) is 20.0. The summed E-state index contributed by atoms with van der Waals surface area (Å²) in [6.07, 6.45) is 0. The fraction of sp³-hybridized carbons (Fsp3) is 0. The number of hydrogen-bond donors (Lipinski definition) is 0. The Morgan fingerprint density at radius 3 is 1.68 bits per heavy atom. The van der Waals surface area contributed by atoms with Crippen molar-refractivity contribution in [2.75, 3.05) is 0 Å². The molecular weight excluding hydrogens is 464 g/mol. The van der Waals surface area contributed by atoms with E-state index in [4.69, 9.17) is 0 Å². The van der Waals surface area contributed by atoms with Gasteiger partial charge in [-0.3, -0.25) is 0 Å². The smallest absolute Gasteiger partial charge is 0.0440 e. The molecule has 1 heterocycles. The lowest BCUT2D eigenvalue weighted by molar-refractivity contribution is 1.70. The zero-order chi connectivity index (χ0) is 24.1. The SMILES string of the molecule is c1cc2c3c(cccc3c1)-c1c-2sc2ccc(-c3ccc4c5ccccc5c5ccccc5c4c3)cc12. The fourth-order valence-corrected chi connectivity index (χ4v) is 7.79. The van der Waals surface area contributed by atoms with Gasteiger partial charge in [0.15, 0.2) is 0 Å². The summed E-state index contributed by atoms with van der Waals surface area (Å²) in [4.78, 5) is 1.41. The van der Waals surface area contributed by atoms with Crippen molar-refractivity contribution >= 4 is 64.5 Å². The molecule has 0 atom stereocenters. The Balaban J connectivity index is 1.31. The summed E-state index contributed by atoms with van der Waals surface area (Å²) in [5.74, 6) is 0. The highest BCUT2D eigenvalue weighted by molar-refractivity contribution is 7.23. The third-order valence-corrected chi connectivity index (χ3v) is 9.39. The number of rotatable bonds is 1. The van der Waals surface area contributed by atoms with Crippen LogP contribution in [0.1, 0.15) is 0 Å². The van der Waals surface area contributed by atoms with Gasteiger partial charge >= 0.3 is 0 Å². The van der Waals surface area contributed by atoms with Crippen LogP contribution in [0.3, 0.4) is 0 Å². The largest absolute Gasteiger partial charge is 0.135 e. The summed E-state index contributed by atoms with van der Waals surface area (Å²) >= 11 is 1.93. The summed E-state index contributed by atoms with van der Waals surface area (Å²) in [6.45, 7) is 0. The molecule has 0 aliphatic heterocycles. The minimum Gasteiger partial charge on any atom is -0.135 e. The number of thiophene rings is 1. The first-order chi connectivity index (χ1) is 18.3. The van der Waals surface area contributed by atoms with Crippen LogP contribution < -0.4 is 0 Å². The molecule has 0 spiro atoms. The predicted octanol–water partition coefficient (Wildman–Crippen LogP) is 10.8. The molecule has 0 radical (unpaired) electrons. The summed E-state index contributed by atoms with van der Waals surface area (Å²) < 4.78 is 1.36. The molecule has 1 aromatic heterocycles. The number of fused-ring (bicyclic) bond motifs is 11. The first-order valence-corrected chi connectivity index (χ1v) is 13.6. The second kappa shape index (κ2) is 7.06. The van der Waals surface area contributed by atoms with Crippen molar-refractivity contribution in [1.29, 1.82) is 0 Å². The molecule has 0 saturated carbocycles. The van der Waals surface area contributed by atoms with Crippen molar-refractivity contribution in [1.82, 2.24) is 0 Å². The third-order valence-electron chi connectivity index (χ3n) is 8.18. The first kappa shape index (κ1) is 19.7. The lowest BCUT2D eigenvalue weighted by Gasteiger charge is -2.12. The van der Waals surface area contributed by atoms with E-state index in [-0.39, 0.29) is 0 Å². The minimum atomic E-state index is 1.27. The molecule has 9 rings (SSSR count). The topological polar surface area (TPSA) is 0 Å². The van der Waals surface area contributed by atoms with E-state index in [9.17, 15) is 0 Å². The van der Waals surface area contributed by atoms with Crippen LogP contribution in [-0.2, 0) is 0 Å². The summed E-state index contributed by atoms with van der Waals surface area (Å²) in [5.41, 5.74) is 6.71. The van der Waals surface area contributed by atoms with E-state index in [1.54, 1.807) is 0 Å². The third kappa shape index (κ3) is 2.57. The van der Waals surface area contributed by atoms with Crippen LogP contribution in [0.5, 0.6) is 0 Å². The number of hydrogen-bond acceptors (Lipinski definition) is 1. The molecular formula is C36H20S. The van der Waals surface area contributed by atoms with Crippen LogP contribution in [0, 0.1) is 0 Å². The van der Waals surface area contributed by atoms with Gasteiger partial charge in [0.2, 0.25) is 0 Å². The van der Waals surface area contributed by atoms with E-state index in [0.29, 0.717) is 0 Å². The zero-order valence-corrected chi connectivity index (χ0v) is 20.8. The van der Waals surface area contributed by atoms with E-state index < -0.39 is 0 Å². The summed E-state index contributed by atoms with van der Waals surface area (Å²) in [7, 11) is 0. The lowest BCUT2D eigenvalue weighted by atomic mass is 9.91. The van der Waals surface area contributed by atoms with Crippen LogP contribution in [0.15, 0.2) is 121 Å². The Labute approximate surface area is 218 Å². The van der Waals surface area contributed by atoms with Gasteiger partial charge in [-0.15, -0.1) is 11.3 Å². The van der Waals surface area contributed by atoms with E-state index in [1.807, 2.05) is 11.3 Å². The Hall–Kier alpha value is -4.46. The summed E-state index contributed by atoms with van der Waals surface area (Å²) in [6, 6.07) is 45.1. The molecule has 0 bridgehead atoms. The predicted molar refractivity (Wildman–Crippen MR) is 162 cm³/mol. The molecule has 0 amide bonds. The van der Waals surface area contributed by atoms with Gasteiger partial charge in [0, 0.05) is 26.1 Å². The summed E-state index contributed by atoms with van der Waals surface area (Å²) in [5, 5.41) is 12.0. The molecule has 1 aliphatic carbocycles. The van der Waals surface area contributed by atoms with E-state index in [0.717, 1.165) is 0 Å². The van der Waals surface area contributed by atoms with Gasteiger partial charge in [0.25, 0.3) is 0 Å². The Kier molecular flexibility index (Phi) is 3.76. The first-order valence-electron chi connectivity index (χ1n) is 12.8. The van der Waals surface area contributed by atoms with Gasteiger partial charge in [-0.05, 0) is 78.0 Å². The molecule has 8 aromatic rings. The van der Waals surface area contributed by atoms with Crippen molar-refractivity contribution in [2.45, 2.75) is 0 Å². The Morgan fingerprint density at radius 2 is 0.973 bits per heavy atom. The quantitative estimate of drug-likeness (QED) is 0.203. The van der Waals surface area contributed by atoms with E-state index >= 15 is 0 Å². The van der Waals surface area contributed by atoms with Crippen LogP contribution in [0.2, 0.25) is 0 Å². The molecule has 170 valence electrons. The van der Waals surface area contributed by atoms with E-state index in [1.165, 1.54) is 85.9 Å². The maximum atomic E-state index is 2.42. The standard InChI is InChI=1S/C36H20S/c1-2-11-26-24(9-1)25-10-3-4-12-27(25)31-19-22(15-17-28(26)31)23-16-18-33-32(20-23)35-29-13-5-7-21-8-6-14-30(34(21)29)36(35)37-33/h1-20H. The highest BCUT2D eigenvalue weighted by atomic mass is 32.1. The van der Waals surface area contributed by atoms with Crippen LogP contribution in [0.4, 0.5) is 0 Å². The maximum absolute atomic E-state index is 2.42. The molecule has 1 heteroatoms. The molecule has 1 aliphatic rings. The van der Waals surface area contributed by atoms with Crippen molar-refractivity contribution < 1.29 is 0 Å². The minimum absolute atomic E-state index is 1.27. The molecule has 0 saturated heterocycles. The number of benzene rings is 7. The van der Waals surface area contributed by atoms with Gasteiger partial charge in [0.1, 0.15) is 0 Å². The van der Waals surface area contributed by atoms with Crippen molar-refractivity contribution in [3.8, 4) is 32.7 Å². The normalized spacial score (nSPS) is 12.3. The molecule has 7 aromatic carbocycles. The van der Waals surface area contributed by atoms with Gasteiger partial charge in [-0.25, -0.2) is 0 Å². The van der Waals surface area contributed by atoms with Crippen molar-refractivity contribution in [2.24, 2.45) is 0 Å². The average Bonchev–Trinajstić information content (AvgIpc) is 3.49. The van der Waals surface area contributed by atoms with Gasteiger partial charge < -0.3 is 0 Å². The molecule has 37 heavy (non-hydrogen) atoms. The maximum Gasteiger partial charge on any atom is 0.0440 e. The van der Waals surface area contributed by atoms with Crippen LogP contribution >= 0.6 is 11.3 Å². The molecule has 0 N–H and O–H groups in total.